The molecule has 146 valence electrons. The zero-order valence-electron chi connectivity index (χ0n) is 15.3. The van der Waals surface area contributed by atoms with E-state index in [0.29, 0.717) is 13.1 Å². The molecule has 0 atom stereocenters. The summed E-state index contributed by atoms with van der Waals surface area (Å²) in [6.07, 6.45) is 6.10. The highest BCUT2D eigenvalue weighted by Crippen LogP contribution is 2.17. The third kappa shape index (κ3) is 5.55. The van der Waals surface area contributed by atoms with Crippen LogP contribution in [0.1, 0.15) is 18.4 Å². The first kappa shape index (κ1) is 19.4. The zero-order chi connectivity index (χ0) is 19.8. The number of nitrogens with zero attached hydrogens (tertiary/aromatic N) is 2. The normalized spacial score (nSPS) is 14.7. The number of aromatic nitrogens is 1. The number of amides is 3. The second-order valence-corrected chi connectivity index (χ2v) is 6.49. The van der Waals surface area contributed by atoms with E-state index in [0.717, 1.165) is 29.9 Å². The van der Waals surface area contributed by atoms with Crippen LogP contribution in [0.4, 0.5) is 16.3 Å². The molecule has 1 aliphatic rings. The second-order valence-electron chi connectivity index (χ2n) is 6.49. The highest BCUT2D eigenvalue weighted by molar-refractivity contribution is 5.90. The predicted molar refractivity (Wildman–Crippen MR) is 107 cm³/mol. The van der Waals surface area contributed by atoms with Crippen LogP contribution in [0, 0.1) is 0 Å². The van der Waals surface area contributed by atoms with Gasteiger partial charge in [0.2, 0.25) is 0 Å². The van der Waals surface area contributed by atoms with Gasteiger partial charge in [0.05, 0.1) is 0 Å². The minimum absolute atomic E-state index is 0.0779. The second kappa shape index (κ2) is 9.52. The Kier molecular flexibility index (Phi) is 6.59. The Hall–Kier alpha value is -3.39. The van der Waals surface area contributed by atoms with Crippen LogP contribution in [0.15, 0.2) is 54.7 Å². The molecule has 1 fully saturated rings. The average molecular weight is 381 g/mol. The smallest absolute Gasteiger partial charge is 0.321 e. The van der Waals surface area contributed by atoms with E-state index >= 15 is 0 Å². The van der Waals surface area contributed by atoms with Gasteiger partial charge in [0.15, 0.2) is 0 Å². The number of hydrogen-bond acceptors (Lipinski definition) is 5. The maximum absolute atomic E-state index is 12.3. The maximum atomic E-state index is 12.3. The summed E-state index contributed by atoms with van der Waals surface area (Å²) in [4.78, 5) is 29.5. The number of piperidine rings is 1. The van der Waals surface area contributed by atoms with Crippen molar-refractivity contribution in [2.45, 2.75) is 18.9 Å². The lowest BCUT2D eigenvalue weighted by atomic mass is 10.1. The lowest BCUT2D eigenvalue weighted by Crippen LogP contribution is -2.44. The van der Waals surface area contributed by atoms with Crippen molar-refractivity contribution < 1.29 is 14.8 Å². The lowest BCUT2D eigenvalue weighted by Gasteiger charge is -2.32. The van der Waals surface area contributed by atoms with Gasteiger partial charge in [-0.2, -0.15) is 0 Å². The fraction of sp³-hybridized carbons (Fsp3) is 0.250. The number of carbonyl (C=O) groups is 2. The third-order valence-corrected chi connectivity index (χ3v) is 4.48. The standard InChI is InChI=1S/C20H23N5O3/c26-19(24-28)9-7-15-6-8-18(21-14-15)22-17-10-12-25(13-11-17)20(27)23-16-4-2-1-3-5-16/h1-9,14,17,28H,10-13H2,(H,21,22)(H,23,27)(H,24,26). The Balaban J connectivity index is 1.45. The Morgan fingerprint density at radius 1 is 1.11 bits per heavy atom. The summed E-state index contributed by atoms with van der Waals surface area (Å²) < 4.78 is 0. The van der Waals surface area contributed by atoms with Crippen molar-refractivity contribution in [3.05, 3.63) is 60.3 Å². The van der Waals surface area contributed by atoms with Gasteiger partial charge in [0.1, 0.15) is 5.82 Å². The minimum Gasteiger partial charge on any atom is -0.367 e. The molecule has 28 heavy (non-hydrogen) atoms. The Morgan fingerprint density at radius 2 is 1.86 bits per heavy atom. The van der Waals surface area contributed by atoms with Crippen molar-refractivity contribution in [3.8, 4) is 0 Å². The molecule has 0 bridgehead atoms. The van der Waals surface area contributed by atoms with Gasteiger partial charge in [-0.15, -0.1) is 0 Å². The van der Waals surface area contributed by atoms with E-state index in [1.807, 2.05) is 47.4 Å². The molecule has 1 aromatic heterocycles. The number of para-hydroxylation sites is 1. The van der Waals surface area contributed by atoms with Gasteiger partial charge in [0.25, 0.3) is 5.91 Å². The molecular weight excluding hydrogens is 358 g/mol. The molecule has 8 nitrogen and oxygen atoms in total. The van der Waals surface area contributed by atoms with Crippen molar-refractivity contribution in [1.82, 2.24) is 15.4 Å². The molecule has 0 unspecified atom stereocenters. The average Bonchev–Trinajstić information content (AvgIpc) is 2.74. The summed E-state index contributed by atoms with van der Waals surface area (Å²) in [5.74, 6) is 0.154. The van der Waals surface area contributed by atoms with Crippen LogP contribution in [-0.2, 0) is 4.79 Å². The highest BCUT2D eigenvalue weighted by atomic mass is 16.5. The van der Waals surface area contributed by atoms with Gasteiger partial charge in [-0.3, -0.25) is 10.0 Å². The first-order valence-corrected chi connectivity index (χ1v) is 9.10. The molecule has 4 N–H and O–H groups in total. The summed E-state index contributed by atoms with van der Waals surface area (Å²) in [6, 6.07) is 13.3. The number of urea groups is 1. The number of hydroxylamine groups is 1. The molecule has 0 radical (unpaired) electrons. The van der Waals surface area contributed by atoms with Crippen LogP contribution in [0.2, 0.25) is 0 Å². The molecule has 2 aromatic rings. The van der Waals surface area contributed by atoms with E-state index in [2.05, 4.69) is 15.6 Å². The number of anilines is 2. The van der Waals surface area contributed by atoms with Gasteiger partial charge in [-0.25, -0.2) is 15.3 Å². The number of benzene rings is 1. The number of carbonyl (C=O) groups excluding carboxylic acids is 2. The van der Waals surface area contributed by atoms with E-state index in [-0.39, 0.29) is 12.1 Å². The van der Waals surface area contributed by atoms with E-state index in [1.54, 1.807) is 12.3 Å². The first-order valence-electron chi connectivity index (χ1n) is 9.10. The SMILES string of the molecule is O=C(C=Cc1ccc(NC2CCN(C(=O)Nc3ccccc3)CC2)nc1)NO. The number of pyridine rings is 1. The van der Waals surface area contributed by atoms with Crippen molar-refractivity contribution in [2.24, 2.45) is 0 Å². The third-order valence-electron chi connectivity index (χ3n) is 4.48. The topological polar surface area (TPSA) is 107 Å². The van der Waals surface area contributed by atoms with Crippen LogP contribution in [-0.4, -0.2) is 46.2 Å². The summed E-state index contributed by atoms with van der Waals surface area (Å²) in [5.41, 5.74) is 3.08. The van der Waals surface area contributed by atoms with Crippen LogP contribution >= 0.6 is 0 Å². The Morgan fingerprint density at radius 3 is 2.50 bits per heavy atom. The zero-order valence-corrected chi connectivity index (χ0v) is 15.3. The van der Waals surface area contributed by atoms with Gasteiger partial charge in [-0.1, -0.05) is 18.2 Å². The fourth-order valence-corrected chi connectivity index (χ4v) is 2.96. The molecule has 3 rings (SSSR count). The Labute approximate surface area is 163 Å². The van der Waals surface area contributed by atoms with Crippen LogP contribution < -0.4 is 16.1 Å². The summed E-state index contributed by atoms with van der Waals surface area (Å²) in [7, 11) is 0. The highest BCUT2D eigenvalue weighted by Gasteiger charge is 2.22. The fourth-order valence-electron chi connectivity index (χ4n) is 2.96. The van der Waals surface area contributed by atoms with Crippen molar-refractivity contribution in [1.29, 1.82) is 0 Å². The van der Waals surface area contributed by atoms with Crippen molar-refractivity contribution in [3.63, 3.8) is 0 Å². The minimum atomic E-state index is -0.592. The molecule has 1 aromatic carbocycles. The molecule has 0 saturated carbocycles. The van der Waals surface area contributed by atoms with Gasteiger partial charge in [0, 0.05) is 37.1 Å². The summed E-state index contributed by atoms with van der Waals surface area (Å²) in [6.45, 7) is 1.35. The Bertz CT molecular complexity index is 815. The van der Waals surface area contributed by atoms with Crippen molar-refractivity contribution >= 4 is 29.5 Å². The molecular formula is C20H23N5O3. The van der Waals surface area contributed by atoms with Crippen LogP contribution in [0.3, 0.4) is 0 Å². The molecule has 1 saturated heterocycles. The van der Waals surface area contributed by atoms with E-state index in [1.165, 1.54) is 11.6 Å². The molecule has 3 amide bonds. The molecule has 8 heteroatoms. The number of hydrogen-bond donors (Lipinski definition) is 4. The van der Waals surface area contributed by atoms with Crippen LogP contribution in [0.25, 0.3) is 6.08 Å². The predicted octanol–water partition coefficient (Wildman–Crippen LogP) is 2.71. The number of likely N-dealkylation sites (tertiary alicyclic amines) is 1. The molecule has 0 spiro atoms. The number of nitrogens with one attached hydrogen (secondary N) is 3. The van der Waals surface area contributed by atoms with Gasteiger partial charge in [-0.05, 0) is 48.7 Å². The first-order chi connectivity index (χ1) is 13.6. The molecule has 0 aliphatic carbocycles. The van der Waals surface area contributed by atoms with Crippen molar-refractivity contribution in [2.75, 3.05) is 23.7 Å². The quantitative estimate of drug-likeness (QED) is 0.362. The molecule has 1 aliphatic heterocycles. The monoisotopic (exact) mass is 381 g/mol. The van der Waals surface area contributed by atoms with E-state index < -0.39 is 5.91 Å². The summed E-state index contributed by atoms with van der Waals surface area (Å²) >= 11 is 0. The summed E-state index contributed by atoms with van der Waals surface area (Å²) in [5, 5.41) is 14.8. The van der Waals surface area contributed by atoms with E-state index in [4.69, 9.17) is 5.21 Å². The lowest BCUT2D eigenvalue weighted by molar-refractivity contribution is -0.124. The van der Waals surface area contributed by atoms with Gasteiger partial charge >= 0.3 is 6.03 Å². The largest absolute Gasteiger partial charge is 0.367 e. The molecule has 2 heterocycles. The maximum Gasteiger partial charge on any atom is 0.321 e. The van der Waals surface area contributed by atoms with E-state index in [9.17, 15) is 9.59 Å². The van der Waals surface area contributed by atoms with Crippen LogP contribution in [0.5, 0.6) is 0 Å². The van der Waals surface area contributed by atoms with Gasteiger partial charge < -0.3 is 15.5 Å². The number of rotatable bonds is 5.